The minimum absolute atomic E-state index is 0.0764. The van der Waals surface area contributed by atoms with E-state index < -0.39 is 11.4 Å². The standard InChI is InChI=1S/C6H6O2.H2O3S/c7-5-3-1-2-4-6(5)8;1-4(2)3/h1-4,7-8H;(H2,1,2,3)/p-1. The molecule has 0 amide bonds. The van der Waals surface area contributed by atoms with Gasteiger partial charge >= 0.3 is 0 Å². The third-order valence-electron chi connectivity index (χ3n) is 0.882. The summed E-state index contributed by atoms with van der Waals surface area (Å²) in [5, 5.41) is 17.3. The minimum Gasteiger partial charge on any atom is -0.750 e. The molecule has 0 saturated heterocycles. The Bertz CT molecular complexity index is 237. The number of para-hydroxylation sites is 2. The molecule has 0 bridgehead atoms. The van der Waals surface area contributed by atoms with Gasteiger partial charge in [-0.2, -0.15) is 0 Å². The molecule has 1 aromatic carbocycles. The molecule has 0 aliphatic heterocycles. The van der Waals surface area contributed by atoms with Crippen molar-refractivity contribution in [3.05, 3.63) is 24.3 Å². The molecular weight excluding hydrogens is 184 g/mol. The molecule has 12 heavy (non-hydrogen) atoms. The highest BCUT2D eigenvalue weighted by Gasteiger charge is 1.90. The average Bonchev–Trinajstić information content (AvgIpc) is 1.94. The third kappa shape index (κ3) is 5.66. The topological polar surface area (TPSA) is 101 Å². The van der Waals surface area contributed by atoms with Crippen molar-refractivity contribution in [1.82, 2.24) is 0 Å². The van der Waals surface area contributed by atoms with Crippen molar-refractivity contribution in [1.29, 1.82) is 0 Å². The van der Waals surface area contributed by atoms with Gasteiger partial charge in [-0.25, -0.2) is 4.21 Å². The molecule has 68 valence electrons. The van der Waals surface area contributed by atoms with Crippen molar-refractivity contribution < 1.29 is 23.5 Å². The lowest BCUT2D eigenvalue weighted by atomic mass is 10.3. The van der Waals surface area contributed by atoms with Crippen LogP contribution in [0, 0.1) is 0 Å². The van der Waals surface area contributed by atoms with Crippen LogP contribution < -0.4 is 0 Å². The molecule has 0 radical (unpaired) electrons. The van der Waals surface area contributed by atoms with Gasteiger partial charge in [0.1, 0.15) is 0 Å². The van der Waals surface area contributed by atoms with Gasteiger partial charge in [-0.05, 0) is 12.1 Å². The van der Waals surface area contributed by atoms with Crippen molar-refractivity contribution in [2.75, 3.05) is 0 Å². The van der Waals surface area contributed by atoms with E-state index in [0.717, 1.165) is 0 Å². The van der Waals surface area contributed by atoms with Crippen LogP contribution in [0.5, 0.6) is 11.5 Å². The summed E-state index contributed by atoms with van der Waals surface area (Å²) in [6.45, 7) is 0. The molecule has 0 saturated carbocycles. The first-order valence-corrected chi connectivity index (χ1v) is 3.82. The summed E-state index contributed by atoms with van der Waals surface area (Å²) in [5.41, 5.74) is 0. The van der Waals surface area contributed by atoms with Crippen LogP contribution in [0.3, 0.4) is 0 Å². The highest BCUT2D eigenvalue weighted by molar-refractivity contribution is 7.73. The highest BCUT2D eigenvalue weighted by atomic mass is 32.2. The number of phenols is 2. The molecule has 1 aromatic rings. The van der Waals surface area contributed by atoms with Gasteiger partial charge in [0.05, 0.1) is 11.4 Å². The lowest BCUT2D eigenvalue weighted by molar-refractivity contribution is 0.404. The number of benzene rings is 1. The number of hydrogen-bond donors (Lipinski definition) is 3. The fourth-order valence-corrected chi connectivity index (χ4v) is 0.464. The Morgan fingerprint density at radius 3 is 1.58 bits per heavy atom. The second-order valence-corrected chi connectivity index (χ2v) is 2.14. The summed E-state index contributed by atoms with van der Waals surface area (Å²) in [6.07, 6.45) is 0. The van der Waals surface area contributed by atoms with E-state index in [1.54, 1.807) is 12.1 Å². The Balaban J connectivity index is 0.000000261. The Kier molecular flexibility index (Phi) is 5.02. The van der Waals surface area contributed by atoms with E-state index in [-0.39, 0.29) is 11.5 Å². The first-order chi connectivity index (χ1) is 5.54. The smallest absolute Gasteiger partial charge is 0.157 e. The predicted octanol–water partition coefficient (Wildman–Crippen LogP) is 0.436. The molecule has 1 rings (SSSR count). The maximum absolute atomic E-state index is 8.67. The molecule has 0 spiro atoms. The molecule has 0 aliphatic rings. The Labute approximate surface area is 71.4 Å². The van der Waals surface area contributed by atoms with Crippen LogP contribution in [0.2, 0.25) is 0 Å². The zero-order valence-corrected chi connectivity index (χ0v) is 6.69. The van der Waals surface area contributed by atoms with Crippen molar-refractivity contribution in [3.63, 3.8) is 0 Å². The number of aromatic hydroxyl groups is 2. The van der Waals surface area contributed by atoms with Crippen molar-refractivity contribution in [2.45, 2.75) is 0 Å². The van der Waals surface area contributed by atoms with Crippen LogP contribution in [-0.2, 0) is 11.4 Å². The maximum atomic E-state index is 8.67. The molecule has 3 N–H and O–H groups in total. The third-order valence-corrected chi connectivity index (χ3v) is 0.882. The van der Waals surface area contributed by atoms with E-state index in [0.29, 0.717) is 0 Å². The summed E-state index contributed by atoms with van der Waals surface area (Å²) in [7, 11) is 0. The first kappa shape index (κ1) is 10.9. The average molecular weight is 191 g/mol. The maximum Gasteiger partial charge on any atom is 0.157 e. The molecular formula is C6H7O5S-. The van der Waals surface area contributed by atoms with Gasteiger partial charge in [-0.3, -0.25) is 0 Å². The van der Waals surface area contributed by atoms with Crippen molar-refractivity contribution in [3.8, 4) is 11.5 Å². The van der Waals surface area contributed by atoms with E-state index in [9.17, 15) is 0 Å². The van der Waals surface area contributed by atoms with Crippen molar-refractivity contribution in [2.24, 2.45) is 0 Å². The lowest BCUT2D eigenvalue weighted by Gasteiger charge is -1.91. The predicted molar refractivity (Wildman–Crippen MR) is 41.3 cm³/mol. The van der Waals surface area contributed by atoms with E-state index in [2.05, 4.69) is 0 Å². The summed E-state index contributed by atoms with van der Waals surface area (Å²) in [5.74, 6) is -0.153. The number of hydrogen-bond acceptors (Lipinski definition) is 4. The molecule has 0 heterocycles. The minimum atomic E-state index is -2.86. The summed E-state index contributed by atoms with van der Waals surface area (Å²) in [6, 6.07) is 6.15. The molecule has 0 aromatic heterocycles. The first-order valence-electron chi connectivity index (χ1n) is 2.79. The lowest BCUT2D eigenvalue weighted by Crippen LogP contribution is -1.75. The van der Waals surface area contributed by atoms with Gasteiger partial charge in [-0.1, -0.05) is 12.1 Å². The van der Waals surface area contributed by atoms with Gasteiger partial charge in [0.15, 0.2) is 11.5 Å². The van der Waals surface area contributed by atoms with E-state index in [1.165, 1.54) is 12.1 Å². The van der Waals surface area contributed by atoms with Crippen LogP contribution in [0.15, 0.2) is 24.3 Å². The molecule has 0 fully saturated rings. The van der Waals surface area contributed by atoms with Gasteiger partial charge < -0.3 is 19.3 Å². The molecule has 0 aliphatic carbocycles. The van der Waals surface area contributed by atoms with Gasteiger partial charge in [-0.15, -0.1) is 0 Å². The highest BCUT2D eigenvalue weighted by Crippen LogP contribution is 2.21. The van der Waals surface area contributed by atoms with Crippen LogP contribution >= 0.6 is 0 Å². The van der Waals surface area contributed by atoms with Gasteiger partial charge in [0.25, 0.3) is 0 Å². The Morgan fingerprint density at radius 2 is 1.42 bits per heavy atom. The van der Waals surface area contributed by atoms with E-state index >= 15 is 0 Å². The molecule has 5 nitrogen and oxygen atoms in total. The van der Waals surface area contributed by atoms with Gasteiger partial charge in [0.2, 0.25) is 0 Å². The normalized spacial score (nSPS) is 11.2. The fraction of sp³-hybridized carbons (Fsp3) is 0. The Hall–Kier alpha value is -1.11. The number of rotatable bonds is 0. The second kappa shape index (κ2) is 5.53. The zero-order valence-electron chi connectivity index (χ0n) is 5.88. The van der Waals surface area contributed by atoms with Crippen LogP contribution in [-0.4, -0.2) is 23.5 Å². The molecule has 6 heteroatoms. The largest absolute Gasteiger partial charge is 0.750 e. The van der Waals surface area contributed by atoms with Crippen LogP contribution in [0.4, 0.5) is 0 Å². The van der Waals surface area contributed by atoms with E-state index in [4.69, 9.17) is 23.5 Å². The monoisotopic (exact) mass is 191 g/mol. The zero-order chi connectivity index (χ0) is 9.56. The molecule has 1 unspecified atom stereocenters. The van der Waals surface area contributed by atoms with Gasteiger partial charge in [0, 0.05) is 0 Å². The summed E-state index contributed by atoms with van der Waals surface area (Å²) in [4.78, 5) is 0. The molecule has 1 atom stereocenters. The van der Waals surface area contributed by atoms with Crippen LogP contribution in [0.25, 0.3) is 0 Å². The van der Waals surface area contributed by atoms with Crippen molar-refractivity contribution >= 4 is 11.4 Å². The Morgan fingerprint density at radius 1 is 1.17 bits per heavy atom. The summed E-state index contributed by atoms with van der Waals surface area (Å²) >= 11 is -2.86. The van der Waals surface area contributed by atoms with Crippen LogP contribution in [0.1, 0.15) is 0 Å². The summed E-state index contributed by atoms with van der Waals surface area (Å²) < 4.78 is 24.1. The quantitative estimate of drug-likeness (QED) is 0.408. The fourth-order valence-electron chi connectivity index (χ4n) is 0.464. The SMILES string of the molecule is O=S([O-])O.Oc1ccccc1O. The van der Waals surface area contributed by atoms with E-state index in [1.807, 2.05) is 0 Å². The number of phenolic OH excluding ortho intramolecular Hbond substituents is 2. The second-order valence-electron chi connectivity index (χ2n) is 1.71.